The van der Waals surface area contributed by atoms with Crippen molar-refractivity contribution in [3.63, 3.8) is 0 Å². The van der Waals surface area contributed by atoms with Crippen molar-refractivity contribution >= 4 is 29.2 Å². The molecule has 1 fully saturated rings. The van der Waals surface area contributed by atoms with Crippen LogP contribution in [0, 0.1) is 17.2 Å². The monoisotopic (exact) mass is 377 g/mol. The molecule has 1 N–H and O–H groups in total. The first-order chi connectivity index (χ1) is 13.5. The van der Waals surface area contributed by atoms with Crippen LogP contribution < -0.4 is 10.2 Å². The van der Waals surface area contributed by atoms with Gasteiger partial charge in [0.05, 0.1) is 29.3 Å². The van der Waals surface area contributed by atoms with Crippen molar-refractivity contribution in [1.29, 1.82) is 5.26 Å². The molecule has 0 radical (unpaired) electrons. The molecule has 1 unspecified atom stereocenters. The van der Waals surface area contributed by atoms with Gasteiger partial charge in [-0.3, -0.25) is 9.59 Å². The molecule has 7 nitrogen and oxygen atoms in total. The maximum Gasteiger partial charge on any atom is 0.338 e. The number of nitriles is 1. The molecule has 1 atom stereocenters. The number of carbonyl (C=O) groups excluding carboxylic acids is 3. The molecule has 0 saturated carbocycles. The van der Waals surface area contributed by atoms with E-state index in [1.54, 1.807) is 55.5 Å². The van der Waals surface area contributed by atoms with E-state index in [0.29, 0.717) is 29.1 Å². The van der Waals surface area contributed by atoms with Gasteiger partial charge in [-0.2, -0.15) is 5.26 Å². The molecule has 1 aliphatic heterocycles. The zero-order chi connectivity index (χ0) is 20.1. The summed E-state index contributed by atoms with van der Waals surface area (Å²) in [7, 11) is 0. The van der Waals surface area contributed by atoms with Crippen LogP contribution in [0.2, 0.25) is 0 Å². The highest BCUT2D eigenvalue weighted by Crippen LogP contribution is 2.28. The highest BCUT2D eigenvalue weighted by Gasteiger charge is 2.36. The molecule has 1 heterocycles. The van der Waals surface area contributed by atoms with Crippen LogP contribution in [0.25, 0.3) is 0 Å². The number of amides is 2. The number of benzene rings is 2. The largest absolute Gasteiger partial charge is 0.462 e. The van der Waals surface area contributed by atoms with Crippen molar-refractivity contribution in [3.05, 3.63) is 59.7 Å². The van der Waals surface area contributed by atoms with Crippen LogP contribution in [-0.4, -0.2) is 30.9 Å². The van der Waals surface area contributed by atoms with E-state index in [1.807, 2.05) is 0 Å². The summed E-state index contributed by atoms with van der Waals surface area (Å²) in [6.45, 7) is 2.23. The minimum absolute atomic E-state index is 0.0759. The summed E-state index contributed by atoms with van der Waals surface area (Å²) in [6.07, 6.45) is 0.0759. The van der Waals surface area contributed by atoms with E-state index in [2.05, 4.69) is 11.4 Å². The van der Waals surface area contributed by atoms with Crippen molar-refractivity contribution in [2.45, 2.75) is 13.3 Å². The number of hydrogen-bond donors (Lipinski definition) is 1. The number of hydrogen-bond acceptors (Lipinski definition) is 5. The Morgan fingerprint density at radius 2 is 1.93 bits per heavy atom. The van der Waals surface area contributed by atoms with Crippen molar-refractivity contribution in [1.82, 2.24) is 0 Å². The van der Waals surface area contributed by atoms with Gasteiger partial charge in [-0.25, -0.2) is 4.79 Å². The topological polar surface area (TPSA) is 99.5 Å². The Hall–Kier alpha value is -3.66. The normalized spacial score (nSPS) is 15.8. The predicted molar refractivity (Wildman–Crippen MR) is 103 cm³/mol. The first-order valence-corrected chi connectivity index (χ1v) is 8.91. The maximum absolute atomic E-state index is 12.6. The summed E-state index contributed by atoms with van der Waals surface area (Å²) in [6, 6.07) is 15.3. The molecule has 0 spiro atoms. The molecular weight excluding hydrogens is 358 g/mol. The quantitative estimate of drug-likeness (QED) is 0.808. The highest BCUT2D eigenvalue weighted by molar-refractivity contribution is 6.04. The molecule has 0 aromatic heterocycles. The standard InChI is InChI=1S/C21H19N3O4/c1-2-28-21(27)14-7-9-17(10-8-14)23-20(26)16-11-19(25)24(13-16)18-6-4-3-5-15(18)12-22/h3-10,16H,2,11,13H2,1H3,(H,23,26). The molecule has 2 aromatic rings. The van der Waals surface area contributed by atoms with Crippen LogP contribution >= 0.6 is 0 Å². The highest BCUT2D eigenvalue weighted by atomic mass is 16.5. The second kappa shape index (κ2) is 8.35. The van der Waals surface area contributed by atoms with Crippen LogP contribution in [0.1, 0.15) is 29.3 Å². The number of nitrogens with one attached hydrogen (secondary N) is 1. The Bertz CT molecular complexity index is 947. The van der Waals surface area contributed by atoms with Crippen LogP contribution in [0.4, 0.5) is 11.4 Å². The van der Waals surface area contributed by atoms with Gasteiger partial charge in [0.15, 0.2) is 0 Å². The van der Waals surface area contributed by atoms with E-state index in [1.165, 1.54) is 4.90 Å². The van der Waals surface area contributed by atoms with Gasteiger partial charge in [0, 0.05) is 18.7 Å². The second-order valence-electron chi connectivity index (χ2n) is 6.32. The lowest BCUT2D eigenvalue weighted by molar-refractivity contribution is -0.122. The van der Waals surface area contributed by atoms with Crippen molar-refractivity contribution < 1.29 is 19.1 Å². The van der Waals surface area contributed by atoms with Crippen molar-refractivity contribution in [2.24, 2.45) is 5.92 Å². The third-order valence-electron chi connectivity index (χ3n) is 4.47. The Kier molecular flexibility index (Phi) is 5.70. The Morgan fingerprint density at radius 3 is 2.61 bits per heavy atom. The van der Waals surface area contributed by atoms with Crippen molar-refractivity contribution in [3.8, 4) is 6.07 Å². The third-order valence-corrected chi connectivity index (χ3v) is 4.47. The molecular formula is C21H19N3O4. The Morgan fingerprint density at radius 1 is 1.21 bits per heavy atom. The fraction of sp³-hybridized carbons (Fsp3) is 0.238. The average molecular weight is 377 g/mol. The lowest BCUT2D eigenvalue weighted by Crippen LogP contribution is -2.28. The third kappa shape index (κ3) is 4.01. The number of para-hydroxylation sites is 1. The fourth-order valence-corrected chi connectivity index (χ4v) is 3.07. The number of rotatable bonds is 5. The van der Waals surface area contributed by atoms with E-state index in [-0.39, 0.29) is 24.8 Å². The van der Waals surface area contributed by atoms with E-state index < -0.39 is 11.9 Å². The number of ether oxygens (including phenoxy) is 1. The van der Waals surface area contributed by atoms with E-state index in [4.69, 9.17) is 4.74 Å². The molecule has 142 valence electrons. The van der Waals surface area contributed by atoms with Gasteiger partial charge in [0.2, 0.25) is 11.8 Å². The Balaban J connectivity index is 1.67. The van der Waals surface area contributed by atoms with Gasteiger partial charge in [0.1, 0.15) is 6.07 Å². The molecule has 1 aliphatic rings. The second-order valence-corrected chi connectivity index (χ2v) is 6.32. The SMILES string of the molecule is CCOC(=O)c1ccc(NC(=O)C2CC(=O)N(c3ccccc3C#N)C2)cc1. The lowest BCUT2D eigenvalue weighted by Gasteiger charge is -2.18. The van der Waals surface area contributed by atoms with Crippen LogP contribution in [-0.2, 0) is 14.3 Å². The maximum atomic E-state index is 12.6. The van der Waals surface area contributed by atoms with Crippen LogP contribution in [0.3, 0.4) is 0 Å². The number of carbonyl (C=O) groups is 3. The van der Waals surface area contributed by atoms with E-state index >= 15 is 0 Å². The molecule has 7 heteroatoms. The zero-order valence-electron chi connectivity index (χ0n) is 15.3. The zero-order valence-corrected chi connectivity index (χ0v) is 15.3. The summed E-state index contributed by atoms with van der Waals surface area (Å²) >= 11 is 0. The molecule has 0 bridgehead atoms. The first kappa shape index (κ1) is 19.1. The lowest BCUT2D eigenvalue weighted by atomic mass is 10.1. The van der Waals surface area contributed by atoms with Gasteiger partial charge in [0.25, 0.3) is 0 Å². The fourth-order valence-electron chi connectivity index (χ4n) is 3.07. The van der Waals surface area contributed by atoms with Gasteiger partial charge >= 0.3 is 5.97 Å². The van der Waals surface area contributed by atoms with Crippen molar-refractivity contribution in [2.75, 3.05) is 23.4 Å². The van der Waals surface area contributed by atoms with E-state index in [9.17, 15) is 19.6 Å². The minimum Gasteiger partial charge on any atom is -0.462 e. The molecule has 2 amide bonds. The summed E-state index contributed by atoms with van der Waals surface area (Å²) < 4.78 is 4.92. The van der Waals surface area contributed by atoms with Gasteiger partial charge in [-0.1, -0.05) is 12.1 Å². The summed E-state index contributed by atoms with van der Waals surface area (Å²) in [5.74, 6) is -1.42. The Labute approximate surface area is 162 Å². The summed E-state index contributed by atoms with van der Waals surface area (Å²) in [5, 5.41) is 12.0. The molecule has 2 aromatic carbocycles. The van der Waals surface area contributed by atoms with E-state index in [0.717, 1.165) is 0 Å². The average Bonchev–Trinajstić information content (AvgIpc) is 3.10. The molecule has 0 aliphatic carbocycles. The molecule has 28 heavy (non-hydrogen) atoms. The molecule has 3 rings (SSSR count). The van der Waals surface area contributed by atoms with Crippen LogP contribution in [0.15, 0.2) is 48.5 Å². The van der Waals surface area contributed by atoms with Crippen LogP contribution in [0.5, 0.6) is 0 Å². The summed E-state index contributed by atoms with van der Waals surface area (Å²) in [5.41, 5.74) is 1.84. The van der Waals surface area contributed by atoms with Gasteiger partial charge < -0.3 is 15.0 Å². The molecule has 1 saturated heterocycles. The number of esters is 1. The smallest absolute Gasteiger partial charge is 0.338 e. The number of nitrogens with zero attached hydrogens (tertiary/aromatic N) is 2. The first-order valence-electron chi connectivity index (χ1n) is 8.91. The number of anilines is 2. The predicted octanol–water partition coefficient (Wildman–Crippen LogP) is 2.73. The summed E-state index contributed by atoms with van der Waals surface area (Å²) in [4.78, 5) is 38.1. The van der Waals surface area contributed by atoms with Gasteiger partial charge in [-0.15, -0.1) is 0 Å². The minimum atomic E-state index is -0.524. The van der Waals surface area contributed by atoms with Gasteiger partial charge in [-0.05, 0) is 43.3 Å².